The SMILES string of the molecule is CCOC(=O)c1ccc(-n2cc(C=O)c(C)n2)cc1. The maximum Gasteiger partial charge on any atom is 0.338 e. The quantitative estimate of drug-likeness (QED) is 0.623. The number of rotatable bonds is 4. The molecule has 1 aromatic heterocycles. The molecule has 0 amide bonds. The molecule has 5 heteroatoms. The molecule has 0 atom stereocenters. The number of aryl methyl sites for hydroxylation is 1. The van der Waals surface area contributed by atoms with E-state index in [9.17, 15) is 9.59 Å². The van der Waals surface area contributed by atoms with Crippen LogP contribution in [0.1, 0.15) is 33.3 Å². The molecule has 0 aliphatic rings. The Hall–Kier alpha value is -2.43. The van der Waals surface area contributed by atoms with Crippen LogP contribution in [0.25, 0.3) is 5.69 Å². The number of benzene rings is 1. The maximum absolute atomic E-state index is 11.5. The Kier molecular flexibility index (Phi) is 3.75. The van der Waals surface area contributed by atoms with Crippen LogP contribution in [-0.4, -0.2) is 28.6 Å². The van der Waals surface area contributed by atoms with Crippen molar-refractivity contribution in [3.63, 3.8) is 0 Å². The third-order valence-electron chi connectivity index (χ3n) is 2.71. The minimum absolute atomic E-state index is 0.348. The van der Waals surface area contributed by atoms with Crippen molar-refractivity contribution >= 4 is 12.3 Å². The van der Waals surface area contributed by atoms with Gasteiger partial charge in [0.25, 0.3) is 0 Å². The first-order valence-corrected chi connectivity index (χ1v) is 5.94. The van der Waals surface area contributed by atoms with Gasteiger partial charge in [-0.25, -0.2) is 9.48 Å². The van der Waals surface area contributed by atoms with Gasteiger partial charge >= 0.3 is 5.97 Å². The van der Waals surface area contributed by atoms with E-state index in [2.05, 4.69) is 5.10 Å². The lowest BCUT2D eigenvalue weighted by molar-refractivity contribution is 0.0526. The van der Waals surface area contributed by atoms with E-state index in [1.54, 1.807) is 49.0 Å². The highest BCUT2D eigenvalue weighted by atomic mass is 16.5. The number of aldehydes is 1. The lowest BCUT2D eigenvalue weighted by Crippen LogP contribution is -2.04. The zero-order chi connectivity index (χ0) is 13.8. The highest BCUT2D eigenvalue weighted by molar-refractivity contribution is 5.89. The van der Waals surface area contributed by atoms with Gasteiger partial charge in [-0.15, -0.1) is 0 Å². The van der Waals surface area contributed by atoms with Gasteiger partial charge in [0.15, 0.2) is 6.29 Å². The van der Waals surface area contributed by atoms with Gasteiger partial charge in [0, 0.05) is 6.20 Å². The van der Waals surface area contributed by atoms with Gasteiger partial charge in [-0.3, -0.25) is 4.79 Å². The zero-order valence-corrected chi connectivity index (χ0v) is 10.8. The van der Waals surface area contributed by atoms with Crippen LogP contribution in [0.4, 0.5) is 0 Å². The van der Waals surface area contributed by atoms with E-state index in [4.69, 9.17) is 4.74 Å². The van der Waals surface area contributed by atoms with E-state index in [1.165, 1.54) is 0 Å². The first-order valence-electron chi connectivity index (χ1n) is 5.94. The molecule has 0 radical (unpaired) electrons. The predicted octanol–water partition coefficient (Wildman–Crippen LogP) is 2.17. The van der Waals surface area contributed by atoms with E-state index < -0.39 is 0 Å². The van der Waals surface area contributed by atoms with Crippen LogP contribution in [-0.2, 0) is 4.74 Å². The largest absolute Gasteiger partial charge is 0.462 e. The summed E-state index contributed by atoms with van der Waals surface area (Å²) in [6.45, 7) is 3.88. The Morgan fingerprint density at radius 3 is 2.58 bits per heavy atom. The molecular weight excluding hydrogens is 244 g/mol. The molecule has 5 nitrogen and oxygen atoms in total. The monoisotopic (exact) mass is 258 g/mol. The van der Waals surface area contributed by atoms with Crippen molar-refractivity contribution in [3.8, 4) is 5.69 Å². The zero-order valence-electron chi connectivity index (χ0n) is 10.8. The summed E-state index contributed by atoms with van der Waals surface area (Å²) in [5, 5.41) is 4.23. The van der Waals surface area contributed by atoms with Crippen LogP contribution in [0.15, 0.2) is 30.5 Å². The second-order valence-electron chi connectivity index (χ2n) is 4.00. The first kappa shape index (κ1) is 13.0. The molecular formula is C14H14N2O3. The summed E-state index contributed by atoms with van der Waals surface area (Å²) in [5.41, 5.74) is 2.49. The van der Waals surface area contributed by atoms with E-state index in [0.717, 1.165) is 12.0 Å². The minimum atomic E-state index is -0.348. The fraction of sp³-hybridized carbons (Fsp3) is 0.214. The van der Waals surface area contributed by atoms with Crippen molar-refractivity contribution in [1.82, 2.24) is 9.78 Å². The Morgan fingerprint density at radius 1 is 1.37 bits per heavy atom. The second-order valence-corrected chi connectivity index (χ2v) is 4.00. The number of carbonyl (C=O) groups excluding carboxylic acids is 2. The third kappa shape index (κ3) is 2.70. The highest BCUT2D eigenvalue weighted by Gasteiger charge is 2.08. The summed E-state index contributed by atoms with van der Waals surface area (Å²) in [5.74, 6) is -0.348. The lowest BCUT2D eigenvalue weighted by Gasteiger charge is -2.04. The Bertz CT molecular complexity index is 600. The molecule has 0 saturated heterocycles. The number of esters is 1. The molecule has 2 aromatic rings. The summed E-state index contributed by atoms with van der Waals surface area (Å²) in [4.78, 5) is 22.3. The minimum Gasteiger partial charge on any atom is -0.462 e. The number of ether oxygens (including phenoxy) is 1. The highest BCUT2D eigenvalue weighted by Crippen LogP contribution is 2.12. The first-order chi connectivity index (χ1) is 9.15. The van der Waals surface area contributed by atoms with Gasteiger partial charge in [-0.05, 0) is 38.1 Å². The molecule has 2 rings (SSSR count). The summed E-state index contributed by atoms with van der Waals surface area (Å²) in [7, 11) is 0. The lowest BCUT2D eigenvalue weighted by atomic mass is 10.2. The molecule has 0 unspecified atom stereocenters. The molecule has 98 valence electrons. The Morgan fingerprint density at radius 2 is 2.05 bits per heavy atom. The Labute approximate surface area is 110 Å². The molecule has 0 aliphatic carbocycles. The standard InChI is InChI=1S/C14H14N2O3/c1-3-19-14(18)11-4-6-13(7-5-11)16-8-12(9-17)10(2)15-16/h4-9H,3H2,1-2H3. The van der Waals surface area contributed by atoms with Crippen LogP contribution < -0.4 is 0 Å². The van der Waals surface area contributed by atoms with Crippen LogP contribution >= 0.6 is 0 Å². The third-order valence-corrected chi connectivity index (χ3v) is 2.71. The summed E-state index contributed by atoms with van der Waals surface area (Å²) >= 11 is 0. The predicted molar refractivity (Wildman–Crippen MR) is 69.6 cm³/mol. The van der Waals surface area contributed by atoms with Gasteiger partial charge in [-0.2, -0.15) is 5.10 Å². The van der Waals surface area contributed by atoms with E-state index in [0.29, 0.717) is 23.4 Å². The van der Waals surface area contributed by atoms with Crippen molar-refractivity contribution < 1.29 is 14.3 Å². The van der Waals surface area contributed by atoms with Gasteiger partial charge in [0.1, 0.15) is 0 Å². The Balaban J connectivity index is 2.26. The van der Waals surface area contributed by atoms with Crippen molar-refractivity contribution in [2.24, 2.45) is 0 Å². The average molecular weight is 258 g/mol. The molecule has 19 heavy (non-hydrogen) atoms. The van der Waals surface area contributed by atoms with Crippen molar-refractivity contribution in [3.05, 3.63) is 47.3 Å². The van der Waals surface area contributed by atoms with Crippen molar-refractivity contribution in [1.29, 1.82) is 0 Å². The molecule has 0 N–H and O–H groups in total. The number of carbonyl (C=O) groups is 2. The normalized spacial score (nSPS) is 10.2. The van der Waals surface area contributed by atoms with Crippen LogP contribution in [0.3, 0.4) is 0 Å². The summed E-state index contributed by atoms with van der Waals surface area (Å²) < 4.78 is 6.51. The number of hydrogen-bond acceptors (Lipinski definition) is 4. The average Bonchev–Trinajstić information content (AvgIpc) is 2.80. The molecule has 1 aromatic carbocycles. The van der Waals surface area contributed by atoms with E-state index >= 15 is 0 Å². The van der Waals surface area contributed by atoms with E-state index in [1.807, 2.05) is 0 Å². The molecule has 0 fully saturated rings. The van der Waals surface area contributed by atoms with Gasteiger partial charge in [0.05, 0.1) is 29.1 Å². The van der Waals surface area contributed by atoms with Gasteiger partial charge < -0.3 is 4.74 Å². The summed E-state index contributed by atoms with van der Waals surface area (Å²) in [6.07, 6.45) is 2.42. The molecule has 0 spiro atoms. The molecule has 0 aliphatic heterocycles. The van der Waals surface area contributed by atoms with Crippen LogP contribution in [0.5, 0.6) is 0 Å². The van der Waals surface area contributed by atoms with Crippen LogP contribution in [0.2, 0.25) is 0 Å². The van der Waals surface area contributed by atoms with Crippen LogP contribution in [0, 0.1) is 6.92 Å². The maximum atomic E-state index is 11.5. The number of hydrogen-bond donors (Lipinski definition) is 0. The van der Waals surface area contributed by atoms with E-state index in [-0.39, 0.29) is 5.97 Å². The molecule has 1 heterocycles. The van der Waals surface area contributed by atoms with Crippen molar-refractivity contribution in [2.75, 3.05) is 6.61 Å². The van der Waals surface area contributed by atoms with Crippen molar-refractivity contribution in [2.45, 2.75) is 13.8 Å². The fourth-order valence-electron chi connectivity index (χ4n) is 1.69. The van der Waals surface area contributed by atoms with Gasteiger partial charge in [-0.1, -0.05) is 0 Å². The molecule has 0 saturated carbocycles. The molecule has 0 bridgehead atoms. The van der Waals surface area contributed by atoms with Gasteiger partial charge in [0.2, 0.25) is 0 Å². The topological polar surface area (TPSA) is 61.2 Å². The second kappa shape index (κ2) is 5.48. The number of nitrogens with zero attached hydrogens (tertiary/aromatic N) is 2. The number of aromatic nitrogens is 2. The summed E-state index contributed by atoms with van der Waals surface area (Å²) in [6, 6.07) is 6.86. The fourth-order valence-corrected chi connectivity index (χ4v) is 1.69. The smallest absolute Gasteiger partial charge is 0.338 e.